The van der Waals surface area contributed by atoms with Crippen LogP contribution in [-0.4, -0.2) is 52.7 Å². The first-order valence-electron chi connectivity index (χ1n) is 9.32. The minimum absolute atomic E-state index is 0.332. The van der Waals surface area contributed by atoms with Crippen LogP contribution in [0.3, 0.4) is 0 Å². The molecule has 0 radical (unpaired) electrons. The van der Waals surface area contributed by atoms with Crippen LogP contribution in [0.2, 0.25) is 0 Å². The van der Waals surface area contributed by atoms with Crippen molar-refractivity contribution in [2.24, 2.45) is 0 Å². The van der Waals surface area contributed by atoms with Crippen LogP contribution in [0.25, 0.3) is 0 Å². The predicted octanol–water partition coefficient (Wildman–Crippen LogP) is 2.65. The van der Waals surface area contributed by atoms with Crippen molar-refractivity contribution < 1.29 is 9.47 Å². The molecule has 2 aliphatic rings. The molecule has 2 aliphatic heterocycles. The van der Waals surface area contributed by atoms with E-state index in [0.29, 0.717) is 12.7 Å². The fourth-order valence-electron chi connectivity index (χ4n) is 3.41. The molecule has 2 aromatic rings. The van der Waals surface area contributed by atoms with Gasteiger partial charge >= 0.3 is 0 Å². The first-order valence-corrected chi connectivity index (χ1v) is 9.32. The first-order chi connectivity index (χ1) is 12.7. The van der Waals surface area contributed by atoms with Crippen molar-refractivity contribution in [1.29, 1.82) is 0 Å². The van der Waals surface area contributed by atoms with Gasteiger partial charge in [-0.2, -0.15) is 0 Å². The molecule has 1 aromatic heterocycles. The van der Waals surface area contributed by atoms with Gasteiger partial charge in [0.15, 0.2) is 11.5 Å². The van der Waals surface area contributed by atoms with E-state index in [9.17, 15) is 0 Å². The summed E-state index contributed by atoms with van der Waals surface area (Å²) in [4.78, 5) is 14.0. The number of hydrogen-bond acceptors (Lipinski definition) is 6. The molecule has 1 fully saturated rings. The Labute approximate surface area is 154 Å². The van der Waals surface area contributed by atoms with Crippen molar-refractivity contribution in [3.63, 3.8) is 0 Å². The third kappa shape index (κ3) is 3.97. The largest absolute Gasteiger partial charge is 0.454 e. The Morgan fingerprint density at radius 1 is 0.962 bits per heavy atom. The molecule has 0 N–H and O–H groups in total. The molecule has 26 heavy (non-hydrogen) atoms. The second-order valence-electron chi connectivity index (χ2n) is 7.30. The van der Waals surface area contributed by atoms with Crippen molar-refractivity contribution in [3.8, 4) is 11.5 Å². The Bertz CT molecular complexity index is 757. The van der Waals surface area contributed by atoms with E-state index in [1.54, 1.807) is 0 Å². The predicted molar refractivity (Wildman–Crippen MR) is 99.2 cm³/mol. The summed E-state index contributed by atoms with van der Waals surface area (Å²) in [5.41, 5.74) is 2.40. The Morgan fingerprint density at radius 3 is 2.46 bits per heavy atom. The van der Waals surface area contributed by atoms with E-state index in [1.165, 1.54) is 5.56 Å². The van der Waals surface area contributed by atoms with E-state index >= 15 is 0 Å². The SMILES string of the molecule is CC(C)c1nccc(CN2CCN(Cc3ccc4c(c3)OCO4)CC2)n1. The van der Waals surface area contributed by atoms with E-state index in [1.807, 2.05) is 18.3 Å². The second-order valence-corrected chi connectivity index (χ2v) is 7.30. The van der Waals surface area contributed by atoms with Crippen LogP contribution in [0.4, 0.5) is 0 Å². The number of rotatable bonds is 5. The highest BCUT2D eigenvalue weighted by Gasteiger charge is 2.19. The van der Waals surface area contributed by atoms with Crippen LogP contribution in [0.1, 0.15) is 36.8 Å². The lowest BCUT2D eigenvalue weighted by Gasteiger charge is -2.34. The van der Waals surface area contributed by atoms with Gasteiger partial charge in [0.1, 0.15) is 5.82 Å². The fraction of sp³-hybridized carbons (Fsp3) is 0.500. The van der Waals surface area contributed by atoms with Crippen molar-refractivity contribution in [2.75, 3.05) is 33.0 Å². The number of ether oxygens (including phenoxy) is 2. The number of nitrogens with zero attached hydrogens (tertiary/aromatic N) is 4. The number of piperazine rings is 1. The summed E-state index contributed by atoms with van der Waals surface area (Å²) < 4.78 is 10.9. The maximum Gasteiger partial charge on any atom is 0.231 e. The summed E-state index contributed by atoms with van der Waals surface area (Å²) in [6.07, 6.45) is 1.88. The lowest BCUT2D eigenvalue weighted by Crippen LogP contribution is -2.45. The Morgan fingerprint density at radius 2 is 1.69 bits per heavy atom. The zero-order chi connectivity index (χ0) is 17.9. The summed E-state index contributed by atoms with van der Waals surface area (Å²) >= 11 is 0. The molecule has 0 amide bonds. The van der Waals surface area contributed by atoms with Crippen LogP contribution in [0, 0.1) is 0 Å². The Kier molecular flexibility index (Phi) is 5.04. The molecule has 0 saturated carbocycles. The Hall–Kier alpha value is -2.18. The van der Waals surface area contributed by atoms with Gasteiger partial charge in [0, 0.05) is 51.4 Å². The summed E-state index contributed by atoms with van der Waals surface area (Å²) in [5.74, 6) is 3.02. The summed E-state index contributed by atoms with van der Waals surface area (Å²) in [6.45, 7) is 10.7. The van der Waals surface area contributed by atoms with Crippen molar-refractivity contribution in [1.82, 2.24) is 19.8 Å². The maximum absolute atomic E-state index is 5.48. The van der Waals surface area contributed by atoms with E-state index in [2.05, 4.69) is 40.8 Å². The van der Waals surface area contributed by atoms with Gasteiger partial charge in [-0.15, -0.1) is 0 Å². The number of hydrogen-bond donors (Lipinski definition) is 0. The monoisotopic (exact) mass is 354 g/mol. The normalized spacial score (nSPS) is 17.8. The van der Waals surface area contributed by atoms with Crippen LogP contribution < -0.4 is 9.47 Å². The van der Waals surface area contributed by atoms with Crippen LogP contribution >= 0.6 is 0 Å². The molecule has 1 saturated heterocycles. The number of benzene rings is 1. The molecule has 3 heterocycles. The van der Waals surface area contributed by atoms with Crippen molar-refractivity contribution >= 4 is 0 Å². The van der Waals surface area contributed by atoms with Crippen LogP contribution in [0.15, 0.2) is 30.5 Å². The molecule has 4 rings (SSSR count). The zero-order valence-corrected chi connectivity index (χ0v) is 15.5. The molecule has 6 heteroatoms. The standard InChI is InChI=1S/C20H26N4O2/c1-15(2)20-21-6-5-17(22-20)13-24-9-7-23(8-10-24)12-16-3-4-18-19(11-16)26-14-25-18/h3-6,11,15H,7-10,12-14H2,1-2H3. The van der Waals surface area contributed by atoms with Gasteiger partial charge in [0.05, 0.1) is 5.69 Å². The van der Waals surface area contributed by atoms with Gasteiger partial charge in [-0.05, 0) is 23.8 Å². The lowest BCUT2D eigenvalue weighted by atomic mass is 10.1. The molecule has 0 spiro atoms. The molecule has 138 valence electrons. The van der Waals surface area contributed by atoms with Crippen molar-refractivity contribution in [2.45, 2.75) is 32.9 Å². The smallest absolute Gasteiger partial charge is 0.231 e. The lowest BCUT2D eigenvalue weighted by molar-refractivity contribution is 0.121. The third-order valence-electron chi connectivity index (χ3n) is 4.94. The summed E-state index contributed by atoms with van der Waals surface area (Å²) in [6, 6.07) is 8.28. The molecular weight excluding hydrogens is 328 g/mol. The minimum Gasteiger partial charge on any atom is -0.454 e. The molecular formula is C20H26N4O2. The first kappa shape index (κ1) is 17.2. The zero-order valence-electron chi connectivity index (χ0n) is 15.5. The molecule has 0 bridgehead atoms. The topological polar surface area (TPSA) is 50.7 Å². The quantitative estimate of drug-likeness (QED) is 0.823. The molecule has 1 aromatic carbocycles. The van der Waals surface area contributed by atoms with Gasteiger partial charge in [-0.1, -0.05) is 19.9 Å². The van der Waals surface area contributed by atoms with E-state index < -0.39 is 0 Å². The molecule has 6 nitrogen and oxygen atoms in total. The Balaban J connectivity index is 1.29. The third-order valence-corrected chi connectivity index (χ3v) is 4.94. The number of aromatic nitrogens is 2. The van der Waals surface area contributed by atoms with E-state index in [-0.39, 0.29) is 0 Å². The minimum atomic E-state index is 0.332. The van der Waals surface area contributed by atoms with Gasteiger partial charge in [0.2, 0.25) is 6.79 Å². The van der Waals surface area contributed by atoms with E-state index in [4.69, 9.17) is 14.5 Å². The highest BCUT2D eigenvalue weighted by atomic mass is 16.7. The van der Waals surface area contributed by atoms with Crippen LogP contribution in [-0.2, 0) is 13.1 Å². The average Bonchev–Trinajstić information content (AvgIpc) is 3.11. The molecule has 0 unspecified atom stereocenters. The van der Waals surface area contributed by atoms with Gasteiger partial charge in [-0.3, -0.25) is 9.80 Å². The van der Waals surface area contributed by atoms with E-state index in [0.717, 1.165) is 62.3 Å². The average molecular weight is 354 g/mol. The second kappa shape index (κ2) is 7.60. The highest BCUT2D eigenvalue weighted by Crippen LogP contribution is 2.32. The van der Waals surface area contributed by atoms with Gasteiger partial charge in [0.25, 0.3) is 0 Å². The molecule has 0 atom stereocenters. The summed E-state index contributed by atoms with van der Waals surface area (Å²) in [7, 11) is 0. The van der Waals surface area contributed by atoms with Crippen LogP contribution in [0.5, 0.6) is 11.5 Å². The number of fused-ring (bicyclic) bond motifs is 1. The van der Waals surface area contributed by atoms with Crippen molar-refractivity contribution in [3.05, 3.63) is 47.5 Å². The molecule has 0 aliphatic carbocycles. The fourth-order valence-corrected chi connectivity index (χ4v) is 3.41. The highest BCUT2D eigenvalue weighted by molar-refractivity contribution is 5.44. The summed E-state index contributed by atoms with van der Waals surface area (Å²) in [5, 5.41) is 0. The van der Waals surface area contributed by atoms with Gasteiger partial charge in [-0.25, -0.2) is 9.97 Å². The van der Waals surface area contributed by atoms with Gasteiger partial charge < -0.3 is 9.47 Å². The maximum atomic E-state index is 5.48.